The first-order chi connectivity index (χ1) is 8.44. The summed E-state index contributed by atoms with van der Waals surface area (Å²) < 4.78 is 24.4. The molecule has 100 valence electrons. The van der Waals surface area contributed by atoms with Crippen molar-refractivity contribution in [3.05, 3.63) is 16.9 Å². The van der Waals surface area contributed by atoms with Gasteiger partial charge in [0.1, 0.15) is 5.69 Å². The molecule has 1 aromatic heterocycles. The van der Waals surface area contributed by atoms with Crippen LogP contribution in [0.3, 0.4) is 0 Å². The van der Waals surface area contributed by atoms with E-state index in [1.165, 1.54) is 6.20 Å². The van der Waals surface area contributed by atoms with E-state index in [0.29, 0.717) is 23.7 Å². The summed E-state index contributed by atoms with van der Waals surface area (Å²) in [6.07, 6.45) is 2.66. The van der Waals surface area contributed by atoms with E-state index in [1.807, 2.05) is 6.92 Å². The molecule has 1 aliphatic rings. The van der Waals surface area contributed by atoms with Gasteiger partial charge in [-0.05, 0) is 12.8 Å². The molecule has 18 heavy (non-hydrogen) atoms. The number of hydrogen-bond acceptors (Lipinski definition) is 4. The maximum atomic E-state index is 12.3. The Morgan fingerprint density at radius 3 is 2.89 bits per heavy atom. The van der Waals surface area contributed by atoms with Crippen LogP contribution in [-0.2, 0) is 16.4 Å². The SMILES string of the molecule is CCCn1ncc(Cl)c1C(=O)C1CCS(=O)(=O)C1. The molecule has 1 saturated heterocycles. The number of halogens is 1. The first kappa shape index (κ1) is 13.5. The number of carbonyl (C=O) groups excluding carboxylic acids is 1. The minimum absolute atomic E-state index is 0.0700. The van der Waals surface area contributed by atoms with Gasteiger partial charge >= 0.3 is 0 Å². The molecule has 1 aliphatic heterocycles. The fourth-order valence-electron chi connectivity index (χ4n) is 2.18. The van der Waals surface area contributed by atoms with Crippen LogP contribution < -0.4 is 0 Å². The van der Waals surface area contributed by atoms with Gasteiger partial charge in [-0.15, -0.1) is 0 Å². The quantitative estimate of drug-likeness (QED) is 0.789. The Balaban J connectivity index is 2.26. The van der Waals surface area contributed by atoms with E-state index in [-0.39, 0.29) is 17.3 Å². The van der Waals surface area contributed by atoms with E-state index in [2.05, 4.69) is 5.10 Å². The third kappa shape index (κ3) is 2.59. The van der Waals surface area contributed by atoms with Crippen molar-refractivity contribution in [1.29, 1.82) is 0 Å². The zero-order valence-corrected chi connectivity index (χ0v) is 11.7. The van der Waals surface area contributed by atoms with Gasteiger partial charge in [-0.1, -0.05) is 18.5 Å². The van der Waals surface area contributed by atoms with Crippen molar-refractivity contribution in [1.82, 2.24) is 9.78 Å². The number of hydrogen-bond donors (Lipinski definition) is 0. The third-order valence-electron chi connectivity index (χ3n) is 3.07. The van der Waals surface area contributed by atoms with Gasteiger partial charge in [0, 0.05) is 12.5 Å². The summed E-state index contributed by atoms with van der Waals surface area (Å²) in [4.78, 5) is 12.3. The van der Waals surface area contributed by atoms with Crippen molar-refractivity contribution in [2.75, 3.05) is 11.5 Å². The first-order valence-corrected chi connectivity index (χ1v) is 8.10. The molecule has 1 fully saturated rings. The summed E-state index contributed by atoms with van der Waals surface area (Å²) in [6, 6.07) is 0. The van der Waals surface area contributed by atoms with Gasteiger partial charge in [0.25, 0.3) is 0 Å². The van der Waals surface area contributed by atoms with Gasteiger partial charge in [-0.3, -0.25) is 9.48 Å². The summed E-state index contributed by atoms with van der Waals surface area (Å²) in [7, 11) is -3.06. The monoisotopic (exact) mass is 290 g/mol. The number of sulfone groups is 1. The number of nitrogens with zero attached hydrogens (tertiary/aromatic N) is 2. The van der Waals surface area contributed by atoms with Crippen molar-refractivity contribution in [3.8, 4) is 0 Å². The average Bonchev–Trinajstić information content (AvgIpc) is 2.82. The van der Waals surface area contributed by atoms with Crippen molar-refractivity contribution < 1.29 is 13.2 Å². The number of Topliss-reactive ketones (excluding diaryl/α,β-unsaturated/α-hetero) is 1. The van der Waals surface area contributed by atoms with Crippen LogP contribution in [0.1, 0.15) is 30.3 Å². The van der Waals surface area contributed by atoms with Crippen molar-refractivity contribution in [3.63, 3.8) is 0 Å². The summed E-state index contributed by atoms with van der Waals surface area (Å²) in [5.41, 5.74) is 0.348. The molecule has 0 radical (unpaired) electrons. The second-order valence-electron chi connectivity index (χ2n) is 4.53. The highest BCUT2D eigenvalue weighted by Gasteiger charge is 2.35. The molecule has 7 heteroatoms. The van der Waals surface area contributed by atoms with Crippen LogP contribution in [0.15, 0.2) is 6.20 Å². The summed E-state index contributed by atoms with van der Waals surface area (Å²) >= 11 is 5.97. The molecular weight excluding hydrogens is 276 g/mol. The highest BCUT2D eigenvalue weighted by atomic mass is 35.5. The molecule has 0 aromatic carbocycles. The van der Waals surface area contributed by atoms with E-state index < -0.39 is 15.8 Å². The van der Waals surface area contributed by atoms with Crippen LogP contribution in [0.5, 0.6) is 0 Å². The number of rotatable bonds is 4. The topological polar surface area (TPSA) is 69.0 Å². The average molecular weight is 291 g/mol. The number of aromatic nitrogens is 2. The summed E-state index contributed by atoms with van der Waals surface area (Å²) in [6.45, 7) is 2.58. The molecule has 1 aromatic rings. The number of ketones is 1. The minimum Gasteiger partial charge on any atom is -0.292 e. The predicted molar refractivity (Wildman–Crippen MR) is 68.6 cm³/mol. The van der Waals surface area contributed by atoms with E-state index in [1.54, 1.807) is 4.68 Å². The van der Waals surface area contributed by atoms with Gasteiger partial charge < -0.3 is 0 Å². The second kappa shape index (κ2) is 5.01. The van der Waals surface area contributed by atoms with Gasteiger partial charge in [-0.25, -0.2) is 8.42 Å². The van der Waals surface area contributed by atoms with Gasteiger partial charge in [-0.2, -0.15) is 5.10 Å². The molecule has 0 spiro atoms. The summed E-state index contributed by atoms with van der Waals surface area (Å²) in [5.74, 6) is -0.658. The van der Waals surface area contributed by atoms with Gasteiger partial charge in [0.05, 0.1) is 22.7 Å². The largest absolute Gasteiger partial charge is 0.292 e. The zero-order chi connectivity index (χ0) is 13.3. The molecule has 5 nitrogen and oxygen atoms in total. The molecule has 0 aliphatic carbocycles. The van der Waals surface area contributed by atoms with E-state index >= 15 is 0 Å². The normalized spacial score (nSPS) is 22.2. The van der Waals surface area contributed by atoms with E-state index in [9.17, 15) is 13.2 Å². The zero-order valence-electron chi connectivity index (χ0n) is 10.1. The van der Waals surface area contributed by atoms with Crippen molar-refractivity contribution in [2.24, 2.45) is 5.92 Å². The number of aryl methyl sites for hydroxylation is 1. The molecular formula is C11H15ClN2O3S. The predicted octanol–water partition coefficient (Wildman–Crippen LogP) is 1.56. The first-order valence-electron chi connectivity index (χ1n) is 5.90. The lowest BCUT2D eigenvalue weighted by atomic mass is 10.0. The Kier molecular flexibility index (Phi) is 3.77. The molecule has 1 unspecified atom stereocenters. The highest BCUT2D eigenvalue weighted by Crippen LogP contribution is 2.26. The molecule has 0 saturated carbocycles. The highest BCUT2D eigenvalue weighted by molar-refractivity contribution is 7.91. The van der Waals surface area contributed by atoms with Crippen LogP contribution in [-0.4, -0.2) is 35.5 Å². The Hall–Kier alpha value is -0.880. The van der Waals surface area contributed by atoms with Crippen LogP contribution in [0.25, 0.3) is 0 Å². The lowest BCUT2D eigenvalue weighted by Crippen LogP contribution is -2.20. The maximum absolute atomic E-state index is 12.3. The van der Waals surface area contributed by atoms with Crippen LogP contribution >= 0.6 is 11.6 Å². The Bertz CT molecular complexity index is 565. The van der Waals surface area contributed by atoms with Crippen LogP contribution in [0.4, 0.5) is 0 Å². The standard InChI is InChI=1S/C11H15ClN2O3S/c1-2-4-14-10(9(12)6-13-14)11(15)8-3-5-18(16,17)7-8/h6,8H,2-5,7H2,1H3. The van der Waals surface area contributed by atoms with Crippen molar-refractivity contribution >= 4 is 27.2 Å². The smallest absolute Gasteiger partial charge is 0.186 e. The Morgan fingerprint density at radius 2 is 2.33 bits per heavy atom. The van der Waals surface area contributed by atoms with Crippen molar-refractivity contribution in [2.45, 2.75) is 26.3 Å². The Morgan fingerprint density at radius 1 is 1.61 bits per heavy atom. The fraction of sp³-hybridized carbons (Fsp3) is 0.636. The molecule has 0 bridgehead atoms. The molecule has 0 amide bonds. The lowest BCUT2D eigenvalue weighted by molar-refractivity contribution is 0.0922. The molecule has 1 atom stereocenters. The molecule has 2 rings (SSSR count). The fourth-order valence-corrected chi connectivity index (χ4v) is 4.16. The van der Waals surface area contributed by atoms with Gasteiger partial charge in [0.15, 0.2) is 15.6 Å². The lowest BCUT2D eigenvalue weighted by Gasteiger charge is -2.09. The Labute approximate surface area is 111 Å². The van der Waals surface area contributed by atoms with E-state index in [0.717, 1.165) is 6.42 Å². The number of carbonyl (C=O) groups is 1. The summed E-state index contributed by atoms with van der Waals surface area (Å²) in [5, 5.41) is 4.35. The minimum atomic E-state index is -3.06. The van der Waals surface area contributed by atoms with Crippen LogP contribution in [0, 0.1) is 5.92 Å². The second-order valence-corrected chi connectivity index (χ2v) is 7.16. The third-order valence-corrected chi connectivity index (χ3v) is 5.11. The van der Waals surface area contributed by atoms with Gasteiger partial charge in [0.2, 0.25) is 0 Å². The van der Waals surface area contributed by atoms with E-state index in [4.69, 9.17) is 11.6 Å². The maximum Gasteiger partial charge on any atom is 0.186 e. The molecule has 2 heterocycles. The molecule has 0 N–H and O–H groups in total. The van der Waals surface area contributed by atoms with Crippen LogP contribution in [0.2, 0.25) is 5.02 Å².